The summed E-state index contributed by atoms with van der Waals surface area (Å²) in [5, 5.41) is 18.7. The molecule has 0 spiro atoms. The third-order valence-corrected chi connectivity index (χ3v) is 6.62. The van der Waals surface area contributed by atoms with Gasteiger partial charge in [-0.1, -0.05) is 30.4 Å². The minimum atomic E-state index is -1.43. The van der Waals surface area contributed by atoms with Crippen LogP contribution in [0.5, 0.6) is 0 Å². The number of pyridine rings is 1. The van der Waals surface area contributed by atoms with Crippen LogP contribution in [0.25, 0.3) is 0 Å². The highest BCUT2D eigenvalue weighted by molar-refractivity contribution is 7.71. The van der Waals surface area contributed by atoms with E-state index in [4.69, 9.17) is 35.9 Å². The number of hydrogen-bond donors (Lipinski definition) is 0. The fourth-order valence-electron chi connectivity index (χ4n) is 4.54. The predicted octanol–water partition coefficient (Wildman–Crippen LogP) is 4.38. The first kappa shape index (κ1) is 32.0. The van der Waals surface area contributed by atoms with Crippen LogP contribution in [0.15, 0.2) is 40.6 Å². The second-order valence-electron chi connectivity index (χ2n) is 9.35. The lowest BCUT2D eigenvalue weighted by atomic mass is 9.96. The van der Waals surface area contributed by atoms with E-state index >= 15 is 0 Å². The lowest BCUT2D eigenvalue weighted by Crippen LogP contribution is -2.60. The highest BCUT2D eigenvalue weighted by atomic mass is 32.1. The molecule has 0 unspecified atom stereocenters. The standard InChI is InChI=1S/C28H30N4O9S/c1-14-21(12-29)28(42)32(15(2)23(14)31-30-20-10-8-7-9-11-20)27-26(40-19(6)36)25(39-18(5)35)24(38-17(4)34)22(41-27)13-37-16(3)33/h7-11,22,24-27H,13H2,1-6H3/t22-,24+,25+,26+,27-/m0/s1. The Hall–Kier alpha value is -4.48. The monoisotopic (exact) mass is 598 g/mol. The second kappa shape index (κ2) is 13.9. The Labute approximate surface area is 247 Å². The zero-order chi connectivity index (χ0) is 31.1. The summed E-state index contributed by atoms with van der Waals surface area (Å²) >= 11 is 5.69. The number of benzene rings is 1. The van der Waals surface area contributed by atoms with Crippen LogP contribution in [-0.2, 0) is 42.9 Å². The Kier molecular flexibility index (Phi) is 10.6. The molecule has 14 heteroatoms. The van der Waals surface area contributed by atoms with E-state index in [0.29, 0.717) is 16.9 Å². The third kappa shape index (κ3) is 7.42. The van der Waals surface area contributed by atoms with Crippen LogP contribution in [0, 0.1) is 29.8 Å². The highest BCUT2D eigenvalue weighted by Crippen LogP contribution is 2.39. The van der Waals surface area contributed by atoms with Crippen LogP contribution < -0.4 is 0 Å². The summed E-state index contributed by atoms with van der Waals surface area (Å²) in [4.78, 5) is 48.3. The van der Waals surface area contributed by atoms with Crippen molar-refractivity contribution in [1.29, 1.82) is 5.26 Å². The van der Waals surface area contributed by atoms with Crippen molar-refractivity contribution in [3.05, 3.63) is 51.8 Å². The van der Waals surface area contributed by atoms with Crippen molar-refractivity contribution < 1.29 is 42.9 Å². The molecule has 2 heterocycles. The molecule has 1 aliphatic heterocycles. The number of nitriles is 1. The Bertz CT molecular complexity index is 1500. The van der Waals surface area contributed by atoms with Gasteiger partial charge in [-0.25, -0.2) is 0 Å². The number of carbonyl (C=O) groups excluding carboxylic acids is 4. The highest BCUT2D eigenvalue weighted by Gasteiger charge is 2.53. The topological polar surface area (TPSA) is 168 Å². The van der Waals surface area contributed by atoms with Gasteiger partial charge in [0.2, 0.25) is 0 Å². The molecule has 1 saturated heterocycles. The number of ether oxygens (including phenoxy) is 5. The molecular formula is C28H30N4O9S. The lowest BCUT2D eigenvalue weighted by molar-refractivity contribution is -0.269. The number of aromatic nitrogens is 1. The Morgan fingerprint density at radius 1 is 0.905 bits per heavy atom. The summed E-state index contributed by atoms with van der Waals surface area (Å²) in [6.45, 7) is 7.46. The maximum absolute atomic E-state index is 12.3. The Morgan fingerprint density at radius 2 is 1.48 bits per heavy atom. The van der Waals surface area contributed by atoms with Gasteiger partial charge in [0.15, 0.2) is 24.5 Å². The minimum Gasteiger partial charge on any atom is -0.463 e. The summed E-state index contributed by atoms with van der Waals surface area (Å²) in [5.41, 5.74) is 1.73. The molecule has 0 radical (unpaired) electrons. The Balaban J connectivity index is 2.29. The normalized spacial score (nSPS) is 21.7. The summed E-state index contributed by atoms with van der Waals surface area (Å²) in [5.74, 6) is -2.96. The molecule has 0 amide bonds. The van der Waals surface area contributed by atoms with Gasteiger partial charge in [0.05, 0.1) is 11.3 Å². The number of rotatable bonds is 8. The molecule has 1 aromatic heterocycles. The van der Waals surface area contributed by atoms with Crippen molar-refractivity contribution in [3.63, 3.8) is 0 Å². The largest absolute Gasteiger partial charge is 0.463 e. The second-order valence-corrected chi connectivity index (χ2v) is 9.73. The number of azo groups is 1. The van der Waals surface area contributed by atoms with Crippen LogP contribution in [0.1, 0.15) is 50.7 Å². The van der Waals surface area contributed by atoms with Gasteiger partial charge < -0.3 is 28.3 Å². The van der Waals surface area contributed by atoms with Crippen LogP contribution in [0.4, 0.5) is 11.4 Å². The van der Waals surface area contributed by atoms with Crippen LogP contribution >= 0.6 is 12.2 Å². The van der Waals surface area contributed by atoms with Gasteiger partial charge in [-0.15, -0.1) is 5.11 Å². The van der Waals surface area contributed by atoms with E-state index in [1.807, 2.05) is 6.07 Å². The molecule has 1 fully saturated rings. The number of nitrogens with zero attached hydrogens (tertiary/aromatic N) is 4. The fraction of sp³-hybridized carbons (Fsp3) is 0.429. The first-order valence-electron chi connectivity index (χ1n) is 12.8. The number of carbonyl (C=O) groups is 4. The first-order valence-corrected chi connectivity index (χ1v) is 13.2. The van der Waals surface area contributed by atoms with Gasteiger partial charge in [0, 0.05) is 33.4 Å². The summed E-state index contributed by atoms with van der Waals surface area (Å²) in [6.07, 6.45) is -6.75. The van der Waals surface area contributed by atoms with Gasteiger partial charge in [0.1, 0.15) is 29.1 Å². The average molecular weight is 599 g/mol. The molecule has 0 N–H and O–H groups in total. The molecule has 3 rings (SSSR count). The van der Waals surface area contributed by atoms with Crippen molar-refractivity contribution in [2.45, 2.75) is 72.2 Å². The zero-order valence-electron chi connectivity index (χ0n) is 23.9. The summed E-state index contributed by atoms with van der Waals surface area (Å²) < 4.78 is 29.4. The smallest absolute Gasteiger partial charge is 0.303 e. The lowest BCUT2D eigenvalue weighted by Gasteiger charge is -2.45. The average Bonchev–Trinajstić information content (AvgIpc) is 2.90. The molecule has 0 bridgehead atoms. The Morgan fingerprint density at radius 3 is 2.02 bits per heavy atom. The number of hydrogen-bond acceptors (Lipinski definition) is 13. The maximum Gasteiger partial charge on any atom is 0.303 e. The molecule has 222 valence electrons. The summed E-state index contributed by atoms with van der Waals surface area (Å²) in [7, 11) is 0. The van der Waals surface area contributed by atoms with E-state index in [9.17, 15) is 24.4 Å². The minimum absolute atomic E-state index is 0.00654. The molecule has 0 saturated carbocycles. The van der Waals surface area contributed by atoms with E-state index in [1.165, 1.54) is 11.5 Å². The molecule has 0 aliphatic carbocycles. The molecule has 1 aromatic carbocycles. The number of esters is 4. The van der Waals surface area contributed by atoms with Crippen LogP contribution in [0.3, 0.4) is 0 Å². The maximum atomic E-state index is 12.3. The quantitative estimate of drug-likeness (QED) is 0.183. The van der Waals surface area contributed by atoms with Crippen molar-refractivity contribution in [2.75, 3.05) is 6.61 Å². The van der Waals surface area contributed by atoms with Crippen LogP contribution in [0.2, 0.25) is 0 Å². The van der Waals surface area contributed by atoms with Crippen molar-refractivity contribution in [3.8, 4) is 6.07 Å². The fourth-order valence-corrected chi connectivity index (χ4v) is 4.98. The van der Waals surface area contributed by atoms with E-state index in [-0.39, 0.29) is 15.9 Å². The zero-order valence-corrected chi connectivity index (χ0v) is 24.7. The van der Waals surface area contributed by atoms with Gasteiger partial charge in [-0.2, -0.15) is 10.4 Å². The first-order chi connectivity index (χ1) is 19.8. The molecule has 5 atom stereocenters. The molecule has 1 aliphatic rings. The van der Waals surface area contributed by atoms with E-state index in [0.717, 1.165) is 20.8 Å². The van der Waals surface area contributed by atoms with Crippen LogP contribution in [-0.4, -0.2) is 59.5 Å². The van der Waals surface area contributed by atoms with E-state index < -0.39 is 61.1 Å². The molecular weight excluding hydrogens is 568 g/mol. The molecule has 2 aromatic rings. The van der Waals surface area contributed by atoms with E-state index in [2.05, 4.69) is 16.3 Å². The predicted molar refractivity (Wildman–Crippen MR) is 147 cm³/mol. The SMILES string of the molecule is CC(=O)OC[C@@H]1O[C@H](n2c(C)c(N=Nc3ccccc3)c(C)c(C#N)c2=S)[C@H](OC(C)=O)[C@H](OC(C)=O)[C@@H]1OC(C)=O. The van der Waals surface area contributed by atoms with Crippen molar-refractivity contribution in [2.24, 2.45) is 10.2 Å². The molecule has 13 nitrogen and oxygen atoms in total. The van der Waals surface area contributed by atoms with E-state index in [1.54, 1.807) is 38.1 Å². The van der Waals surface area contributed by atoms with Gasteiger partial charge in [-0.05, 0) is 31.5 Å². The van der Waals surface area contributed by atoms with Gasteiger partial charge in [-0.3, -0.25) is 19.2 Å². The third-order valence-electron chi connectivity index (χ3n) is 6.22. The molecule has 42 heavy (non-hydrogen) atoms. The van der Waals surface area contributed by atoms with Crippen molar-refractivity contribution >= 4 is 47.5 Å². The van der Waals surface area contributed by atoms with Gasteiger partial charge >= 0.3 is 23.9 Å². The van der Waals surface area contributed by atoms with Gasteiger partial charge in [0.25, 0.3) is 0 Å². The van der Waals surface area contributed by atoms with Crippen molar-refractivity contribution in [1.82, 2.24) is 4.57 Å². The summed E-state index contributed by atoms with van der Waals surface area (Å²) in [6, 6.07) is 11.0.